The maximum atomic E-state index is 12.2. The van der Waals surface area contributed by atoms with Crippen LogP contribution in [0.5, 0.6) is 0 Å². The van der Waals surface area contributed by atoms with Crippen molar-refractivity contribution in [3.8, 4) is 0 Å². The number of fused-ring (bicyclic) bond motifs is 1. The second kappa shape index (κ2) is 7.66. The van der Waals surface area contributed by atoms with Gasteiger partial charge in [-0.15, -0.1) is 0 Å². The summed E-state index contributed by atoms with van der Waals surface area (Å²) in [5, 5.41) is 7.03. The van der Waals surface area contributed by atoms with E-state index < -0.39 is 0 Å². The molecule has 1 aromatic heterocycles. The molecule has 1 heterocycles. The summed E-state index contributed by atoms with van der Waals surface area (Å²) in [5.74, 6) is 0.273. The molecule has 0 unspecified atom stereocenters. The molecule has 5 heteroatoms. The molecule has 1 aliphatic rings. The number of hydrogen-bond acceptors (Lipinski definition) is 2. The minimum atomic E-state index is 0.00427. The number of hydrogen-bond donors (Lipinski definition) is 3. The lowest BCUT2D eigenvalue weighted by molar-refractivity contribution is -0.117. The number of aryl methyl sites for hydroxylation is 1. The summed E-state index contributed by atoms with van der Waals surface area (Å²) in [6.45, 7) is 0. The summed E-state index contributed by atoms with van der Waals surface area (Å²) >= 11 is 0. The van der Waals surface area contributed by atoms with E-state index in [-0.39, 0.29) is 17.7 Å². The van der Waals surface area contributed by atoms with Gasteiger partial charge in [-0.3, -0.25) is 9.59 Å². The molecule has 0 radical (unpaired) electrons. The maximum Gasteiger partial charge on any atom is 0.227 e. The van der Waals surface area contributed by atoms with Crippen LogP contribution in [0, 0.1) is 5.92 Å². The third kappa shape index (κ3) is 4.37. The Morgan fingerprint density at radius 3 is 2.41 bits per heavy atom. The molecular weight excluding hydrogens is 338 g/mol. The monoisotopic (exact) mass is 361 g/mol. The van der Waals surface area contributed by atoms with Crippen molar-refractivity contribution in [3.05, 3.63) is 60.3 Å². The Hall–Kier alpha value is -3.08. The number of H-pyrrole nitrogens is 1. The van der Waals surface area contributed by atoms with E-state index in [2.05, 4.69) is 27.8 Å². The van der Waals surface area contributed by atoms with Crippen molar-refractivity contribution in [1.29, 1.82) is 0 Å². The number of amides is 2. The fraction of sp³-hybridized carbons (Fsp3) is 0.273. The van der Waals surface area contributed by atoms with E-state index in [1.54, 1.807) is 0 Å². The van der Waals surface area contributed by atoms with Gasteiger partial charge in [0, 0.05) is 40.8 Å². The molecule has 0 spiro atoms. The van der Waals surface area contributed by atoms with E-state index >= 15 is 0 Å². The van der Waals surface area contributed by atoms with Crippen LogP contribution >= 0.6 is 0 Å². The number of nitrogens with one attached hydrogen (secondary N) is 3. The number of rotatable bonds is 7. The number of para-hydroxylation sites is 1. The first kappa shape index (κ1) is 17.3. The Balaban J connectivity index is 1.24. The molecular formula is C22H23N3O2. The van der Waals surface area contributed by atoms with Crippen LogP contribution in [-0.2, 0) is 16.0 Å². The van der Waals surface area contributed by atoms with Gasteiger partial charge in [0.25, 0.3) is 0 Å². The second-order valence-electron chi connectivity index (χ2n) is 7.10. The topological polar surface area (TPSA) is 74.0 Å². The van der Waals surface area contributed by atoms with Crippen molar-refractivity contribution in [2.75, 3.05) is 10.6 Å². The summed E-state index contributed by atoms with van der Waals surface area (Å²) in [6, 6.07) is 15.5. The fourth-order valence-electron chi connectivity index (χ4n) is 3.23. The molecule has 3 N–H and O–H groups in total. The van der Waals surface area contributed by atoms with Crippen LogP contribution in [0.15, 0.2) is 54.7 Å². The highest BCUT2D eigenvalue weighted by atomic mass is 16.2. The standard InChI is InChI=1S/C22H23N3O2/c26-21(7-3-4-16-14-23-20-6-2-1-5-19(16)20)24-17-10-12-18(13-11-17)25-22(27)15-8-9-15/h1-2,5-6,10-15,23H,3-4,7-9H2,(H,24,26)(H,25,27). The Morgan fingerprint density at radius 1 is 0.963 bits per heavy atom. The van der Waals surface area contributed by atoms with Crippen LogP contribution in [-0.4, -0.2) is 16.8 Å². The Labute approximate surface area is 158 Å². The number of carbonyl (C=O) groups excluding carboxylic acids is 2. The molecule has 3 aromatic rings. The molecule has 4 rings (SSSR count). The molecule has 0 aliphatic heterocycles. The normalized spacial score (nSPS) is 13.5. The highest BCUT2D eigenvalue weighted by molar-refractivity contribution is 5.95. The van der Waals surface area contributed by atoms with Gasteiger partial charge in [0.05, 0.1) is 0 Å². The highest BCUT2D eigenvalue weighted by Crippen LogP contribution is 2.30. The second-order valence-corrected chi connectivity index (χ2v) is 7.10. The van der Waals surface area contributed by atoms with E-state index in [1.165, 1.54) is 10.9 Å². The van der Waals surface area contributed by atoms with Crippen molar-refractivity contribution in [1.82, 2.24) is 4.98 Å². The van der Waals surface area contributed by atoms with Gasteiger partial charge in [-0.2, -0.15) is 0 Å². The number of anilines is 2. The number of carbonyl (C=O) groups is 2. The largest absolute Gasteiger partial charge is 0.361 e. The number of aromatic amines is 1. The molecule has 0 atom stereocenters. The van der Waals surface area contributed by atoms with E-state index in [0.717, 1.165) is 42.6 Å². The predicted octanol–water partition coefficient (Wildman–Crippen LogP) is 4.48. The first-order valence-electron chi connectivity index (χ1n) is 9.45. The van der Waals surface area contributed by atoms with E-state index in [9.17, 15) is 9.59 Å². The van der Waals surface area contributed by atoms with Crippen LogP contribution in [0.25, 0.3) is 10.9 Å². The minimum Gasteiger partial charge on any atom is -0.361 e. The molecule has 1 saturated carbocycles. The van der Waals surface area contributed by atoms with Gasteiger partial charge in [0.1, 0.15) is 0 Å². The number of benzene rings is 2. The molecule has 1 aliphatic carbocycles. The van der Waals surface area contributed by atoms with Gasteiger partial charge < -0.3 is 15.6 Å². The lowest BCUT2D eigenvalue weighted by atomic mass is 10.1. The van der Waals surface area contributed by atoms with Crippen molar-refractivity contribution in [2.24, 2.45) is 5.92 Å². The lowest BCUT2D eigenvalue weighted by Crippen LogP contribution is -2.14. The third-order valence-corrected chi connectivity index (χ3v) is 4.91. The predicted molar refractivity (Wildman–Crippen MR) is 108 cm³/mol. The zero-order valence-electron chi connectivity index (χ0n) is 15.1. The van der Waals surface area contributed by atoms with Crippen LogP contribution in [0.2, 0.25) is 0 Å². The average Bonchev–Trinajstić information content (AvgIpc) is 3.45. The van der Waals surface area contributed by atoms with E-state index in [0.29, 0.717) is 6.42 Å². The summed E-state index contributed by atoms with van der Waals surface area (Å²) in [4.78, 5) is 27.2. The molecule has 0 bridgehead atoms. The molecule has 5 nitrogen and oxygen atoms in total. The molecule has 1 fully saturated rings. The Morgan fingerprint density at radius 2 is 1.67 bits per heavy atom. The van der Waals surface area contributed by atoms with Gasteiger partial charge in [-0.05, 0) is 61.6 Å². The van der Waals surface area contributed by atoms with Gasteiger partial charge in [-0.1, -0.05) is 18.2 Å². The summed E-state index contributed by atoms with van der Waals surface area (Å²) < 4.78 is 0. The highest BCUT2D eigenvalue weighted by Gasteiger charge is 2.29. The first-order valence-corrected chi connectivity index (χ1v) is 9.45. The van der Waals surface area contributed by atoms with Crippen LogP contribution < -0.4 is 10.6 Å². The van der Waals surface area contributed by atoms with Crippen molar-refractivity contribution in [3.63, 3.8) is 0 Å². The fourth-order valence-corrected chi connectivity index (χ4v) is 3.23. The summed E-state index contributed by atoms with van der Waals surface area (Å²) in [6.07, 6.45) is 6.13. The quantitative estimate of drug-likeness (QED) is 0.580. The van der Waals surface area contributed by atoms with Crippen molar-refractivity contribution >= 4 is 34.1 Å². The number of aromatic nitrogens is 1. The van der Waals surface area contributed by atoms with Gasteiger partial charge in [0.2, 0.25) is 11.8 Å². The molecule has 2 amide bonds. The Bertz CT molecular complexity index is 955. The van der Waals surface area contributed by atoms with Crippen LogP contribution in [0.4, 0.5) is 11.4 Å². The maximum absolute atomic E-state index is 12.2. The SMILES string of the molecule is O=C(CCCc1c[nH]c2ccccc12)Nc1ccc(NC(=O)C2CC2)cc1. The zero-order valence-corrected chi connectivity index (χ0v) is 15.1. The van der Waals surface area contributed by atoms with Gasteiger partial charge >= 0.3 is 0 Å². The third-order valence-electron chi connectivity index (χ3n) is 4.91. The Kier molecular flexibility index (Phi) is 4.92. The van der Waals surface area contributed by atoms with E-state index in [1.807, 2.05) is 42.6 Å². The molecule has 27 heavy (non-hydrogen) atoms. The van der Waals surface area contributed by atoms with E-state index in [4.69, 9.17) is 0 Å². The van der Waals surface area contributed by atoms with Crippen molar-refractivity contribution < 1.29 is 9.59 Å². The lowest BCUT2D eigenvalue weighted by Gasteiger charge is -2.08. The zero-order chi connectivity index (χ0) is 18.6. The molecule has 138 valence electrons. The van der Waals surface area contributed by atoms with Crippen molar-refractivity contribution in [2.45, 2.75) is 32.1 Å². The average molecular weight is 361 g/mol. The minimum absolute atomic E-state index is 0.00427. The summed E-state index contributed by atoms with van der Waals surface area (Å²) in [5.41, 5.74) is 3.89. The van der Waals surface area contributed by atoms with Crippen LogP contribution in [0.3, 0.4) is 0 Å². The molecule has 2 aromatic carbocycles. The summed E-state index contributed by atoms with van der Waals surface area (Å²) in [7, 11) is 0. The van der Waals surface area contributed by atoms with Crippen LogP contribution in [0.1, 0.15) is 31.2 Å². The first-order chi connectivity index (χ1) is 13.2. The molecule has 0 saturated heterocycles. The van der Waals surface area contributed by atoms with Gasteiger partial charge in [-0.25, -0.2) is 0 Å². The van der Waals surface area contributed by atoms with Gasteiger partial charge in [0.15, 0.2) is 0 Å². The smallest absolute Gasteiger partial charge is 0.227 e.